The van der Waals surface area contributed by atoms with E-state index in [0.717, 1.165) is 35.2 Å². The second kappa shape index (κ2) is 9.88. The number of carboxylic acid groups (broad SMARTS) is 1. The number of nitrogens with zero attached hydrogens (tertiary/aromatic N) is 1. The fourth-order valence-corrected chi connectivity index (χ4v) is 2.75. The third-order valence-corrected chi connectivity index (χ3v) is 4.27. The van der Waals surface area contributed by atoms with Crippen molar-refractivity contribution < 1.29 is 42.1 Å². The van der Waals surface area contributed by atoms with E-state index < -0.39 is 23.6 Å². The molecule has 0 heterocycles. The van der Waals surface area contributed by atoms with Crippen LogP contribution >= 0.6 is 0 Å². The van der Waals surface area contributed by atoms with E-state index in [1.54, 1.807) is 12.1 Å². The molecule has 0 saturated heterocycles. The zero-order chi connectivity index (χ0) is 23.2. The van der Waals surface area contributed by atoms with Crippen LogP contribution in [0.1, 0.15) is 11.1 Å². The van der Waals surface area contributed by atoms with Gasteiger partial charge in [0, 0.05) is 30.0 Å². The molecule has 0 aliphatic heterocycles. The van der Waals surface area contributed by atoms with Crippen LogP contribution in [0.3, 0.4) is 0 Å². The van der Waals surface area contributed by atoms with Crippen LogP contribution in [0, 0.1) is 0 Å². The van der Waals surface area contributed by atoms with Crippen molar-refractivity contribution in [1.82, 2.24) is 0 Å². The van der Waals surface area contributed by atoms with Crippen LogP contribution in [0.25, 0.3) is 0 Å². The molecule has 1 amide bonds. The number of halogens is 3. The minimum atomic E-state index is -4.54. The second-order valence-corrected chi connectivity index (χ2v) is 6.15. The van der Waals surface area contributed by atoms with Crippen molar-refractivity contribution in [2.45, 2.75) is 12.7 Å². The van der Waals surface area contributed by atoms with E-state index in [-0.39, 0.29) is 12.2 Å². The normalized spacial score (nSPS) is 11.3. The number of carboxylic acids is 1. The zero-order valence-corrected chi connectivity index (χ0v) is 16.9. The molecule has 0 aliphatic carbocycles. The molecule has 2 aromatic carbocycles. The molecular formula is C21H20F3NO6. The Balaban J connectivity index is 2.54. The first-order valence-corrected chi connectivity index (χ1v) is 8.79. The SMILES string of the molecule is COc1cc(OC)c(CN(C(=O)C=CC(=O)O)c2ccc(C(F)(F)F)cc2)c(OC)c1. The van der Waals surface area contributed by atoms with Crippen molar-refractivity contribution in [1.29, 1.82) is 0 Å². The third-order valence-electron chi connectivity index (χ3n) is 4.27. The summed E-state index contributed by atoms with van der Waals surface area (Å²) in [6, 6.07) is 7.02. The Morgan fingerprint density at radius 3 is 1.94 bits per heavy atom. The van der Waals surface area contributed by atoms with Gasteiger partial charge in [0.1, 0.15) is 17.2 Å². The fraction of sp³-hybridized carbons (Fsp3) is 0.238. The smallest absolute Gasteiger partial charge is 0.416 e. The molecule has 0 atom stereocenters. The molecule has 10 heteroatoms. The standard InChI is InChI=1S/C21H20F3NO6/c1-29-15-10-17(30-2)16(18(11-15)31-3)12-25(19(26)8-9-20(27)28)14-6-4-13(5-7-14)21(22,23)24/h4-11H,12H2,1-3H3,(H,27,28). The molecule has 2 rings (SSSR count). The van der Waals surface area contributed by atoms with Gasteiger partial charge in [-0.05, 0) is 24.3 Å². The van der Waals surface area contributed by atoms with Gasteiger partial charge in [0.25, 0.3) is 5.91 Å². The van der Waals surface area contributed by atoms with Crippen LogP contribution in [0.15, 0.2) is 48.6 Å². The fourth-order valence-electron chi connectivity index (χ4n) is 2.75. The molecule has 1 N–H and O–H groups in total. The molecule has 0 unspecified atom stereocenters. The lowest BCUT2D eigenvalue weighted by Crippen LogP contribution is -2.29. The summed E-state index contributed by atoms with van der Waals surface area (Å²) in [6.45, 7) is -0.176. The molecule has 0 aliphatic rings. The third kappa shape index (κ3) is 5.91. The number of amides is 1. The molecule has 0 fully saturated rings. The van der Waals surface area contributed by atoms with Gasteiger partial charge in [0.05, 0.1) is 39.0 Å². The number of anilines is 1. The average Bonchev–Trinajstić information content (AvgIpc) is 2.74. The molecule has 0 bridgehead atoms. The quantitative estimate of drug-likeness (QED) is 0.628. The highest BCUT2D eigenvalue weighted by atomic mass is 19.4. The van der Waals surface area contributed by atoms with Gasteiger partial charge in [-0.25, -0.2) is 4.79 Å². The highest BCUT2D eigenvalue weighted by Crippen LogP contribution is 2.36. The van der Waals surface area contributed by atoms with Crippen LogP contribution < -0.4 is 19.1 Å². The maximum Gasteiger partial charge on any atom is 0.416 e. The van der Waals surface area contributed by atoms with Crippen LogP contribution in [-0.2, 0) is 22.3 Å². The van der Waals surface area contributed by atoms with E-state index in [2.05, 4.69) is 0 Å². The van der Waals surface area contributed by atoms with Crippen molar-refractivity contribution >= 4 is 17.6 Å². The molecule has 0 spiro atoms. The van der Waals surface area contributed by atoms with E-state index in [1.807, 2.05) is 0 Å². The van der Waals surface area contributed by atoms with Crippen LogP contribution in [-0.4, -0.2) is 38.3 Å². The summed E-state index contributed by atoms with van der Waals surface area (Å²) in [4.78, 5) is 24.6. The molecule has 0 radical (unpaired) electrons. The summed E-state index contributed by atoms with van der Waals surface area (Å²) in [5.74, 6) is -1.07. The van der Waals surface area contributed by atoms with Gasteiger partial charge >= 0.3 is 12.1 Å². The lowest BCUT2D eigenvalue weighted by atomic mass is 10.1. The summed E-state index contributed by atoms with van der Waals surface area (Å²) in [5.41, 5.74) is -0.361. The van der Waals surface area contributed by atoms with Gasteiger partial charge in [-0.3, -0.25) is 4.79 Å². The molecule has 7 nitrogen and oxygen atoms in total. The molecule has 2 aromatic rings. The highest BCUT2D eigenvalue weighted by molar-refractivity contribution is 6.04. The Labute approximate surface area is 176 Å². The predicted octanol–water partition coefficient (Wildman–Crippen LogP) is 3.91. The van der Waals surface area contributed by atoms with Crippen molar-refractivity contribution in [3.8, 4) is 17.2 Å². The second-order valence-electron chi connectivity index (χ2n) is 6.15. The van der Waals surface area contributed by atoms with E-state index in [4.69, 9.17) is 19.3 Å². The monoisotopic (exact) mass is 439 g/mol. The first-order chi connectivity index (χ1) is 14.6. The molecule has 31 heavy (non-hydrogen) atoms. The van der Waals surface area contributed by atoms with Crippen molar-refractivity contribution in [3.05, 3.63) is 59.7 Å². The van der Waals surface area contributed by atoms with Crippen molar-refractivity contribution in [2.24, 2.45) is 0 Å². The number of methoxy groups -OCH3 is 3. The van der Waals surface area contributed by atoms with Crippen LogP contribution in [0.4, 0.5) is 18.9 Å². The Hall–Kier alpha value is -3.69. The zero-order valence-electron chi connectivity index (χ0n) is 16.9. The summed E-state index contributed by atoms with van der Waals surface area (Å²) >= 11 is 0. The maximum absolute atomic E-state index is 12.9. The maximum atomic E-state index is 12.9. The number of rotatable bonds is 8. The number of carbonyl (C=O) groups excluding carboxylic acids is 1. The summed E-state index contributed by atoms with van der Waals surface area (Å²) in [6.07, 6.45) is -3.09. The van der Waals surface area contributed by atoms with Crippen LogP contribution in [0.5, 0.6) is 17.2 Å². The van der Waals surface area contributed by atoms with Gasteiger partial charge in [-0.15, -0.1) is 0 Å². The van der Waals surface area contributed by atoms with E-state index in [1.165, 1.54) is 21.3 Å². The van der Waals surface area contributed by atoms with Gasteiger partial charge < -0.3 is 24.2 Å². The summed E-state index contributed by atoms with van der Waals surface area (Å²) < 4.78 is 54.6. The number of hydrogen-bond acceptors (Lipinski definition) is 5. The summed E-state index contributed by atoms with van der Waals surface area (Å²) in [5, 5.41) is 8.82. The van der Waals surface area contributed by atoms with E-state index >= 15 is 0 Å². The average molecular weight is 439 g/mol. The number of alkyl halides is 3. The Morgan fingerprint density at radius 2 is 1.52 bits per heavy atom. The van der Waals surface area contributed by atoms with Crippen LogP contribution in [0.2, 0.25) is 0 Å². The first-order valence-electron chi connectivity index (χ1n) is 8.79. The number of aliphatic carboxylic acids is 1. The van der Waals surface area contributed by atoms with Gasteiger partial charge in [0.2, 0.25) is 0 Å². The van der Waals surface area contributed by atoms with Crippen molar-refractivity contribution in [2.75, 3.05) is 26.2 Å². The first kappa shape index (κ1) is 23.6. The number of ether oxygens (including phenoxy) is 3. The highest BCUT2D eigenvalue weighted by Gasteiger charge is 2.30. The number of benzene rings is 2. The van der Waals surface area contributed by atoms with Gasteiger partial charge in [-0.1, -0.05) is 0 Å². The van der Waals surface area contributed by atoms with Crippen molar-refractivity contribution in [3.63, 3.8) is 0 Å². The lowest BCUT2D eigenvalue weighted by Gasteiger charge is -2.24. The topological polar surface area (TPSA) is 85.3 Å². The Bertz CT molecular complexity index is 945. The minimum Gasteiger partial charge on any atom is -0.496 e. The largest absolute Gasteiger partial charge is 0.496 e. The summed E-state index contributed by atoms with van der Waals surface area (Å²) in [7, 11) is 4.24. The van der Waals surface area contributed by atoms with Gasteiger partial charge in [-0.2, -0.15) is 13.2 Å². The predicted molar refractivity (Wildman–Crippen MR) is 106 cm³/mol. The lowest BCUT2D eigenvalue weighted by molar-refractivity contribution is -0.137. The number of carbonyl (C=O) groups is 2. The molecule has 166 valence electrons. The molecular weight excluding hydrogens is 419 g/mol. The Kier molecular flexibility index (Phi) is 7.51. The molecule has 0 saturated carbocycles. The van der Waals surface area contributed by atoms with E-state index in [0.29, 0.717) is 28.9 Å². The van der Waals surface area contributed by atoms with E-state index in [9.17, 15) is 22.8 Å². The number of hydrogen-bond donors (Lipinski definition) is 1. The minimum absolute atomic E-state index is 0.118. The molecule has 0 aromatic heterocycles. The van der Waals surface area contributed by atoms with Gasteiger partial charge in [0.15, 0.2) is 0 Å². The Morgan fingerprint density at radius 1 is 0.968 bits per heavy atom.